The highest BCUT2D eigenvalue weighted by atomic mass is 16.4. The van der Waals surface area contributed by atoms with Crippen LogP contribution < -0.4 is 0 Å². The Balaban J connectivity index is 2.67. The number of aryl methyl sites for hydroxylation is 2. The standard InChI is InChI=1S/C11H13N3O2/c1-6-10(7(2)14(3)13-6)8-4-12-5-9(8)11(15)16/h4-5,12H,1-3H3,(H,15,16). The molecule has 2 aromatic rings. The first-order valence-electron chi connectivity index (χ1n) is 4.93. The van der Waals surface area contributed by atoms with Crippen molar-refractivity contribution in [1.29, 1.82) is 0 Å². The monoisotopic (exact) mass is 219 g/mol. The largest absolute Gasteiger partial charge is 0.478 e. The first-order chi connectivity index (χ1) is 7.52. The first kappa shape index (κ1) is 10.5. The Labute approximate surface area is 92.7 Å². The molecule has 0 aliphatic rings. The molecule has 0 amide bonds. The highest BCUT2D eigenvalue weighted by molar-refractivity contribution is 5.96. The zero-order chi connectivity index (χ0) is 11.9. The molecule has 0 unspecified atom stereocenters. The fraction of sp³-hybridized carbons (Fsp3) is 0.273. The Hall–Kier alpha value is -2.04. The van der Waals surface area contributed by atoms with Gasteiger partial charge in [0.15, 0.2) is 0 Å². The lowest BCUT2D eigenvalue weighted by Crippen LogP contribution is -1.97. The van der Waals surface area contributed by atoms with E-state index in [4.69, 9.17) is 5.11 Å². The Morgan fingerprint density at radius 1 is 1.44 bits per heavy atom. The fourth-order valence-electron chi connectivity index (χ4n) is 1.91. The summed E-state index contributed by atoms with van der Waals surface area (Å²) < 4.78 is 1.75. The number of rotatable bonds is 2. The number of nitrogens with one attached hydrogen (secondary N) is 1. The molecule has 0 radical (unpaired) electrons. The van der Waals surface area contributed by atoms with Crippen molar-refractivity contribution in [2.45, 2.75) is 13.8 Å². The maximum absolute atomic E-state index is 11.0. The number of carbonyl (C=O) groups is 1. The Bertz CT molecular complexity index is 552. The topological polar surface area (TPSA) is 70.9 Å². The van der Waals surface area contributed by atoms with E-state index in [0.717, 1.165) is 17.0 Å². The SMILES string of the molecule is Cc1nn(C)c(C)c1-c1c[nH]cc1C(=O)O. The molecule has 0 saturated carbocycles. The van der Waals surface area contributed by atoms with E-state index in [1.165, 1.54) is 6.20 Å². The minimum atomic E-state index is -0.932. The minimum absolute atomic E-state index is 0.277. The van der Waals surface area contributed by atoms with Crippen LogP contribution in [0, 0.1) is 13.8 Å². The molecule has 5 nitrogen and oxygen atoms in total. The molecular formula is C11H13N3O2. The number of H-pyrrole nitrogens is 1. The summed E-state index contributed by atoms with van der Waals surface area (Å²) >= 11 is 0. The van der Waals surface area contributed by atoms with E-state index in [-0.39, 0.29) is 5.56 Å². The molecule has 0 bridgehead atoms. The molecule has 16 heavy (non-hydrogen) atoms. The third kappa shape index (κ3) is 1.41. The molecule has 84 valence electrons. The number of hydrogen-bond donors (Lipinski definition) is 2. The summed E-state index contributed by atoms with van der Waals surface area (Å²) in [5, 5.41) is 13.3. The van der Waals surface area contributed by atoms with Gasteiger partial charge < -0.3 is 10.1 Å². The van der Waals surface area contributed by atoms with Crippen molar-refractivity contribution in [3.63, 3.8) is 0 Å². The summed E-state index contributed by atoms with van der Waals surface area (Å²) in [4.78, 5) is 13.9. The van der Waals surface area contributed by atoms with Gasteiger partial charge in [-0.2, -0.15) is 5.10 Å². The number of carboxylic acid groups (broad SMARTS) is 1. The maximum atomic E-state index is 11.0. The third-order valence-corrected chi connectivity index (χ3v) is 2.75. The van der Waals surface area contributed by atoms with Crippen molar-refractivity contribution in [2.24, 2.45) is 7.05 Å². The molecule has 2 heterocycles. The van der Waals surface area contributed by atoms with Gasteiger partial charge in [-0.25, -0.2) is 4.79 Å². The Morgan fingerprint density at radius 3 is 2.62 bits per heavy atom. The van der Waals surface area contributed by atoms with Gasteiger partial charge in [-0.15, -0.1) is 0 Å². The average molecular weight is 219 g/mol. The molecule has 2 aromatic heterocycles. The van der Waals surface area contributed by atoms with Gasteiger partial charge in [0.25, 0.3) is 0 Å². The summed E-state index contributed by atoms with van der Waals surface area (Å²) in [5.41, 5.74) is 3.65. The van der Waals surface area contributed by atoms with E-state index < -0.39 is 5.97 Å². The normalized spacial score (nSPS) is 10.7. The zero-order valence-electron chi connectivity index (χ0n) is 9.40. The molecule has 0 aliphatic carbocycles. The van der Waals surface area contributed by atoms with Crippen LogP contribution in [0.5, 0.6) is 0 Å². The van der Waals surface area contributed by atoms with Crippen molar-refractivity contribution in [3.8, 4) is 11.1 Å². The molecule has 2 rings (SSSR count). The molecule has 5 heteroatoms. The summed E-state index contributed by atoms with van der Waals surface area (Å²) in [6, 6.07) is 0. The van der Waals surface area contributed by atoms with Gasteiger partial charge in [0.1, 0.15) is 0 Å². The van der Waals surface area contributed by atoms with E-state index in [1.807, 2.05) is 20.9 Å². The van der Waals surface area contributed by atoms with Gasteiger partial charge in [0.2, 0.25) is 0 Å². The molecule has 0 aliphatic heterocycles. The maximum Gasteiger partial charge on any atom is 0.337 e. The quantitative estimate of drug-likeness (QED) is 0.808. The molecule has 2 N–H and O–H groups in total. The number of aromatic amines is 1. The molecule has 0 atom stereocenters. The summed E-state index contributed by atoms with van der Waals surface area (Å²) in [7, 11) is 1.85. The minimum Gasteiger partial charge on any atom is -0.478 e. The van der Waals surface area contributed by atoms with Crippen LogP contribution in [-0.2, 0) is 7.05 Å². The van der Waals surface area contributed by atoms with Crippen molar-refractivity contribution in [3.05, 3.63) is 29.3 Å². The fourth-order valence-corrected chi connectivity index (χ4v) is 1.91. The molecule has 0 spiro atoms. The average Bonchev–Trinajstić information content (AvgIpc) is 2.73. The van der Waals surface area contributed by atoms with Crippen LogP contribution >= 0.6 is 0 Å². The zero-order valence-corrected chi connectivity index (χ0v) is 9.40. The van der Waals surface area contributed by atoms with Gasteiger partial charge in [-0.05, 0) is 13.8 Å². The second kappa shape index (κ2) is 3.52. The molecule has 0 fully saturated rings. The van der Waals surface area contributed by atoms with E-state index in [1.54, 1.807) is 10.9 Å². The van der Waals surface area contributed by atoms with Crippen LogP contribution in [0.3, 0.4) is 0 Å². The van der Waals surface area contributed by atoms with Crippen molar-refractivity contribution in [2.75, 3.05) is 0 Å². The number of aromatic carboxylic acids is 1. The van der Waals surface area contributed by atoms with Crippen molar-refractivity contribution < 1.29 is 9.90 Å². The Kier molecular flexibility index (Phi) is 2.30. The van der Waals surface area contributed by atoms with Gasteiger partial charge in [0.05, 0.1) is 11.3 Å². The van der Waals surface area contributed by atoms with E-state index in [0.29, 0.717) is 5.56 Å². The van der Waals surface area contributed by atoms with Gasteiger partial charge in [0, 0.05) is 36.3 Å². The smallest absolute Gasteiger partial charge is 0.337 e. The van der Waals surface area contributed by atoms with E-state index in [9.17, 15) is 4.79 Å². The number of aromatic nitrogens is 3. The Morgan fingerprint density at radius 2 is 2.12 bits per heavy atom. The predicted octanol–water partition coefficient (Wildman–Crippen LogP) is 1.73. The lowest BCUT2D eigenvalue weighted by molar-refractivity contribution is 0.0698. The highest BCUT2D eigenvalue weighted by Crippen LogP contribution is 2.29. The van der Waals surface area contributed by atoms with Gasteiger partial charge >= 0.3 is 5.97 Å². The third-order valence-electron chi connectivity index (χ3n) is 2.75. The number of carboxylic acids is 1. The second-order valence-corrected chi connectivity index (χ2v) is 3.76. The molecular weight excluding hydrogens is 206 g/mol. The predicted molar refractivity (Wildman–Crippen MR) is 59.4 cm³/mol. The number of nitrogens with zero attached hydrogens (tertiary/aromatic N) is 2. The van der Waals surface area contributed by atoms with Crippen molar-refractivity contribution in [1.82, 2.24) is 14.8 Å². The van der Waals surface area contributed by atoms with Crippen LogP contribution in [0.1, 0.15) is 21.7 Å². The van der Waals surface area contributed by atoms with Gasteiger partial charge in [-0.1, -0.05) is 0 Å². The lowest BCUT2D eigenvalue weighted by Gasteiger charge is -2.01. The highest BCUT2D eigenvalue weighted by Gasteiger charge is 2.18. The molecule has 0 aromatic carbocycles. The van der Waals surface area contributed by atoms with Gasteiger partial charge in [-0.3, -0.25) is 4.68 Å². The summed E-state index contributed by atoms with van der Waals surface area (Å²) in [6.45, 7) is 3.80. The van der Waals surface area contributed by atoms with Crippen LogP contribution in [-0.4, -0.2) is 25.8 Å². The van der Waals surface area contributed by atoms with Crippen LogP contribution in [0.15, 0.2) is 12.4 Å². The van der Waals surface area contributed by atoms with E-state index in [2.05, 4.69) is 10.1 Å². The summed E-state index contributed by atoms with van der Waals surface area (Å²) in [5.74, 6) is -0.932. The second-order valence-electron chi connectivity index (χ2n) is 3.76. The molecule has 0 saturated heterocycles. The van der Waals surface area contributed by atoms with Crippen LogP contribution in [0.25, 0.3) is 11.1 Å². The summed E-state index contributed by atoms with van der Waals surface area (Å²) in [6.07, 6.45) is 3.18. The van der Waals surface area contributed by atoms with Crippen molar-refractivity contribution >= 4 is 5.97 Å². The van der Waals surface area contributed by atoms with Crippen LogP contribution in [0.4, 0.5) is 0 Å². The van der Waals surface area contributed by atoms with E-state index >= 15 is 0 Å². The lowest BCUT2D eigenvalue weighted by atomic mass is 10.0. The van der Waals surface area contributed by atoms with Crippen LogP contribution in [0.2, 0.25) is 0 Å². The first-order valence-corrected chi connectivity index (χ1v) is 4.93. The number of hydrogen-bond acceptors (Lipinski definition) is 2.